The first-order valence-corrected chi connectivity index (χ1v) is 4.46. The van der Waals surface area contributed by atoms with Crippen LogP contribution < -0.4 is 4.90 Å². The molecular weight excluding hydrogens is 166 g/mol. The minimum atomic E-state index is 0.997. The Morgan fingerprint density at radius 3 is 3.17 bits per heavy atom. The van der Waals surface area contributed by atoms with Gasteiger partial charge in [0, 0.05) is 19.5 Å². The number of aryl methyl sites for hydroxylation is 1. The minimum Gasteiger partial charge on any atom is -0.338 e. The summed E-state index contributed by atoms with van der Waals surface area (Å²) in [7, 11) is 2.01. The molecule has 0 saturated carbocycles. The molecule has 0 N–H and O–H groups in total. The summed E-state index contributed by atoms with van der Waals surface area (Å²) in [6, 6.07) is 9.31. The molecule has 1 heterocycles. The van der Waals surface area contributed by atoms with Gasteiger partial charge in [-0.3, -0.25) is 0 Å². The van der Waals surface area contributed by atoms with Crippen LogP contribution in [0.2, 0.25) is 0 Å². The highest BCUT2D eigenvalue weighted by Crippen LogP contribution is 2.25. The Morgan fingerprint density at radius 1 is 1.50 bits per heavy atom. The molecule has 1 aliphatic rings. The normalized spacial score (nSPS) is 16.1. The van der Waals surface area contributed by atoms with E-state index < -0.39 is 0 Å². The van der Waals surface area contributed by atoms with E-state index in [9.17, 15) is 0 Å². The van der Waals surface area contributed by atoms with Crippen molar-refractivity contribution < 1.29 is 0 Å². The summed E-state index contributed by atoms with van der Waals surface area (Å²) in [5, 5.41) is 0. The van der Waals surface area contributed by atoms with Crippen LogP contribution >= 0.6 is 12.2 Å². The highest BCUT2D eigenvalue weighted by molar-refractivity contribution is 7.80. The Bertz CT molecular complexity index is 319. The van der Waals surface area contributed by atoms with E-state index in [1.807, 2.05) is 24.1 Å². The molecule has 0 saturated heterocycles. The van der Waals surface area contributed by atoms with Crippen molar-refractivity contribution in [2.45, 2.75) is 12.8 Å². The van der Waals surface area contributed by atoms with E-state index in [2.05, 4.69) is 12.1 Å². The average Bonchev–Trinajstić information content (AvgIpc) is 2.12. The van der Waals surface area contributed by atoms with E-state index in [0.29, 0.717) is 0 Å². The number of benzene rings is 1. The second-order valence-electron chi connectivity index (χ2n) is 3.00. The van der Waals surface area contributed by atoms with Gasteiger partial charge in [0.2, 0.25) is 0 Å². The lowest BCUT2D eigenvalue weighted by Crippen LogP contribution is -2.29. The highest BCUT2D eigenvalue weighted by Gasteiger charge is 2.16. The van der Waals surface area contributed by atoms with Crippen LogP contribution in [0.25, 0.3) is 0 Å². The van der Waals surface area contributed by atoms with Gasteiger partial charge in [-0.25, -0.2) is 0 Å². The average molecular weight is 176 g/mol. The number of thiocarbonyl (C=S) groups is 1. The van der Waals surface area contributed by atoms with Crippen LogP contribution in [0.1, 0.15) is 12.0 Å². The largest absolute Gasteiger partial charge is 0.338 e. The third-order valence-corrected chi connectivity index (χ3v) is 2.71. The van der Waals surface area contributed by atoms with Crippen molar-refractivity contribution >= 4 is 22.9 Å². The van der Waals surface area contributed by atoms with Crippen LogP contribution in [0.15, 0.2) is 18.2 Å². The Balaban J connectivity index is 2.48. The van der Waals surface area contributed by atoms with Crippen LogP contribution in [0.4, 0.5) is 5.69 Å². The third kappa shape index (κ3) is 1.12. The van der Waals surface area contributed by atoms with E-state index in [1.165, 1.54) is 5.56 Å². The molecule has 2 rings (SSSR count). The molecule has 0 atom stereocenters. The Labute approximate surface area is 78.0 Å². The Hall–Kier alpha value is -0.890. The van der Waals surface area contributed by atoms with Crippen molar-refractivity contribution in [1.29, 1.82) is 0 Å². The van der Waals surface area contributed by atoms with Gasteiger partial charge < -0.3 is 4.90 Å². The van der Waals surface area contributed by atoms with Crippen molar-refractivity contribution in [3.63, 3.8) is 0 Å². The van der Waals surface area contributed by atoms with Crippen molar-refractivity contribution in [3.8, 4) is 0 Å². The molecule has 1 radical (unpaired) electrons. The fraction of sp³-hybridized carbons (Fsp3) is 0.300. The van der Waals surface area contributed by atoms with E-state index >= 15 is 0 Å². The number of hydrogen-bond acceptors (Lipinski definition) is 1. The van der Waals surface area contributed by atoms with Gasteiger partial charge in [0.05, 0.1) is 10.7 Å². The summed E-state index contributed by atoms with van der Waals surface area (Å²) in [6.45, 7) is 0. The van der Waals surface area contributed by atoms with Gasteiger partial charge in [0.1, 0.15) is 0 Å². The topological polar surface area (TPSA) is 3.24 Å². The van der Waals surface area contributed by atoms with Gasteiger partial charge in [-0.15, -0.1) is 0 Å². The number of hydrogen-bond donors (Lipinski definition) is 0. The summed E-state index contributed by atoms with van der Waals surface area (Å²) < 4.78 is 0. The van der Waals surface area contributed by atoms with Crippen LogP contribution in [-0.2, 0) is 6.42 Å². The van der Waals surface area contributed by atoms with Gasteiger partial charge in [-0.05, 0) is 12.0 Å². The van der Waals surface area contributed by atoms with E-state index in [1.54, 1.807) is 0 Å². The van der Waals surface area contributed by atoms with Gasteiger partial charge >= 0.3 is 0 Å². The van der Waals surface area contributed by atoms with E-state index in [4.69, 9.17) is 12.2 Å². The Morgan fingerprint density at radius 2 is 2.33 bits per heavy atom. The van der Waals surface area contributed by atoms with Gasteiger partial charge in [0.25, 0.3) is 0 Å². The number of para-hydroxylation sites is 1. The molecule has 0 aliphatic carbocycles. The zero-order valence-electron chi connectivity index (χ0n) is 7.00. The van der Waals surface area contributed by atoms with Crippen molar-refractivity contribution in [1.82, 2.24) is 0 Å². The van der Waals surface area contributed by atoms with E-state index in [-0.39, 0.29) is 0 Å². The van der Waals surface area contributed by atoms with Crippen molar-refractivity contribution in [2.75, 3.05) is 11.9 Å². The number of anilines is 1. The fourth-order valence-electron chi connectivity index (χ4n) is 1.51. The van der Waals surface area contributed by atoms with Crippen LogP contribution in [-0.4, -0.2) is 12.0 Å². The molecular formula is C10H10NS. The highest BCUT2D eigenvalue weighted by atomic mass is 32.1. The van der Waals surface area contributed by atoms with E-state index in [0.717, 1.165) is 23.5 Å². The molecule has 0 amide bonds. The fourth-order valence-corrected chi connectivity index (χ4v) is 1.70. The number of fused-ring (bicyclic) bond motifs is 1. The molecule has 0 bridgehead atoms. The van der Waals surface area contributed by atoms with Crippen LogP contribution in [0, 0.1) is 6.07 Å². The zero-order valence-corrected chi connectivity index (χ0v) is 7.82. The molecule has 0 spiro atoms. The van der Waals surface area contributed by atoms with Crippen molar-refractivity contribution in [3.05, 3.63) is 29.8 Å². The summed E-state index contributed by atoms with van der Waals surface area (Å²) in [5.41, 5.74) is 2.50. The first kappa shape index (κ1) is 7.74. The minimum absolute atomic E-state index is 0.997. The standard InChI is InChI=1S/C10H10NS/c1-11-9-5-3-2-4-8(9)6-7-10(11)12/h2-4H,6-7H2,1H3. The summed E-state index contributed by atoms with van der Waals surface area (Å²) in [5.74, 6) is 0. The van der Waals surface area contributed by atoms with Crippen LogP contribution in [0.5, 0.6) is 0 Å². The lowest BCUT2D eigenvalue weighted by molar-refractivity contribution is 0.975. The molecule has 0 unspecified atom stereocenters. The quantitative estimate of drug-likeness (QED) is 0.557. The second kappa shape index (κ2) is 2.87. The molecule has 1 aromatic carbocycles. The predicted octanol–water partition coefficient (Wildman–Crippen LogP) is 2.20. The predicted molar refractivity (Wildman–Crippen MR) is 54.6 cm³/mol. The molecule has 1 aromatic rings. The Kier molecular flexibility index (Phi) is 1.85. The first-order chi connectivity index (χ1) is 5.79. The van der Waals surface area contributed by atoms with Crippen LogP contribution in [0.3, 0.4) is 0 Å². The lowest BCUT2D eigenvalue weighted by atomic mass is 10.0. The van der Waals surface area contributed by atoms with Gasteiger partial charge in [-0.1, -0.05) is 30.4 Å². The van der Waals surface area contributed by atoms with Gasteiger partial charge in [0.15, 0.2) is 0 Å². The molecule has 0 aromatic heterocycles. The summed E-state index contributed by atoms with van der Waals surface area (Å²) in [4.78, 5) is 3.07. The maximum atomic E-state index is 5.21. The zero-order chi connectivity index (χ0) is 8.55. The SMILES string of the molecule is CN1C(=S)CCc2ccc[c]c21. The smallest absolute Gasteiger partial charge is 0.0824 e. The molecule has 12 heavy (non-hydrogen) atoms. The maximum Gasteiger partial charge on any atom is 0.0824 e. The molecule has 61 valence electrons. The number of nitrogens with zero attached hydrogens (tertiary/aromatic N) is 1. The molecule has 2 heteroatoms. The molecule has 1 aliphatic heterocycles. The van der Waals surface area contributed by atoms with Crippen molar-refractivity contribution in [2.24, 2.45) is 0 Å². The second-order valence-corrected chi connectivity index (χ2v) is 3.47. The summed E-state index contributed by atoms with van der Waals surface area (Å²) >= 11 is 5.21. The molecule has 0 fully saturated rings. The third-order valence-electron chi connectivity index (χ3n) is 2.24. The van der Waals surface area contributed by atoms with Gasteiger partial charge in [-0.2, -0.15) is 0 Å². The molecule has 1 nitrogen and oxygen atoms in total. The summed E-state index contributed by atoms with van der Waals surface area (Å²) in [6.07, 6.45) is 2.06. The maximum absolute atomic E-state index is 5.21. The lowest BCUT2D eigenvalue weighted by Gasteiger charge is -2.27. The number of rotatable bonds is 0. The first-order valence-electron chi connectivity index (χ1n) is 4.05. The monoisotopic (exact) mass is 176 g/mol.